The van der Waals surface area contributed by atoms with Crippen LogP contribution < -0.4 is 78.4 Å². The summed E-state index contributed by atoms with van der Waals surface area (Å²) in [6.07, 6.45) is 2.05. The summed E-state index contributed by atoms with van der Waals surface area (Å²) in [5, 5.41) is 2.57. The molecule has 0 bridgehead atoms. The van der Waals surface area contributed by atoms with Crippen LogP contribution in [0.25, 0.3) is 10.8 Å². The number of nitrogens with zero attached hydrogens (tertiary/aromatic N) is 16. The highest BCUT2D eigenvalue weighted by atomic mass is 15.5. The Bertz CT molecular complexity index is 6120. The summed E-state index contributed by atoms with van der Waals surface area (Å²) < 4.78 is 0. The Balaban J connectivity index is 0.000000113. The van der Waals surface area contributed by atoms with Crippen LogP contribution in [0.3, 0.4) is 0 Å². The maximum atomic E-state index is 2.52. The van der Waals surface area contributed by atoms with Crippen LogP contribution in [-0.2, 0) is 0 Å². The second-order valence-corrected chi connectivity index (χ2v) is 35.5. The summed E-state index contributed by atoms with van der Waals surface area (Å²) in [7, 11) is 17.5. The summed E-state index contributed by atoms with van der Waals surface area (Å²) in [5.74, 6) is 0. The summed E-state index contributed by atoms with van der Waals surface area (Å²) in [6, 6.07) is 92.6. The molecule has 13 aromatic carbocycles. The maximum absolute atomic E-state index is 2.52. The second kappa shape index (κ2) is 31.7. The predicted octanol–water partition coefficient (Wildman–Crippen LogP) is 25.8. The van der Waals surface area contributed by atoms with E-state index >= 15 is 0 Å². The van der Waals surface area contributed by atoms with Crippen molar-refractivity contribution in [3.8, 4) is 0 Å². The zero-order chi connectivity index (χ0) is 87.2. The average Bonchev–Trinajstić information content (AvgIpc) is 1.55. The smallest absolute Gasteiger partial charge is 0.103 e. The molecule has 0 saturated carbocycles. The number of aryl methyl sites for hydroxylation is 4. The number of fused-ring (bicyclic) bond motifs is 9. The normalized spacial score (nSPS) is 19.8. The molecule has 0 aromatic heterocycles. The largest absolute Gasteiger partial charge is 0.353 e. The molecule has 0 spiro atoms. The molecular formula is C108H122N16. The van der Waals surface area contributed by atoms with Gasteiger partial charge in [0.15, 0.2) is 0 Å². The standard InChI is InChI=1S/C29H30N4.C27H32N4.2C26H30N4/c1-19-28(32-20(2)30(4)24-14-8-10-16-26(24)32)18-22-12-6-7-13-23(22)29(19)33-21(3)31(5)25-15-9-11-17-27(25)33;1-17-16-18(2)27(31-21(5)29(7)23-13-9-11-15-25(23)31)19(3)26(17)30-20(4)28(6)22-12-8-10-14-24(22)30;1-17-15-25(29-19(3)27(5)21-11-7-9-13-23(21)29)18(2)26(16-17)30-20(4)28(6)22-12-8-10-14-24(22)30;1-17-15-16-21(29-19(3)27(5)22-11-7-9-13-24(22)29)18(2)26(17)30-20(4)28(6)23-12-8-10-14-25(23)30/h6-18,20-21H,1-5H3;8-16,20-21H,1-7H3;2*7-16,19-20H,1-6H3/t2*20-,21+;2*19-,20+/m1..0/s1. The van der Waals surface area contributed by atoms with Gasteiger partial charge >= 0.3 is 0 Å². The van der Waals surface area contributed by atoms with E-state index in [9.17, 15) is 0 Å². The lowest BCUT2D eigenvalue weighted by molar-refractivity contribution is 0.723. The molecule has 16 nitrogen and oxygen atoms in total. The van der Waals surface area contributed by atoms with Crippen molar-refractivity contribution in [3.05, 3.63) is 299 Å². The van der Waals surface area contributed by atoms with Crippen LogP contribution in [-0.4, -0.2) is 106 Å². The van der Waals surface area contributed by atoms with Crippen LogP contribution in [0, 0.1) is 55.4 Å². The Morgan fingerprint density at radius 2 is 0.387 bits per heavy atom. The van der Waals surface area contributed by atoms with Crippen LogP contribution in [0.2, 0.25) is 0 Å². The van der Waals surface area contributed by atoms with Crippen molar-refractivity contribution in [1.29, 1.82) is 0 Å². The van der Waals surface area contributed by atoms with Gasteiger partial charge in [-0.25, -0.2) is 0 Å². The van der Waals surface area contributed by atoms with E-state index < -0.39 is 0 Å². The minimum absolute atomic E-state index is 0.228. The van der Waals surface area contributed by atoms with E-state index in [1.165, 1.54) is 192 Å². The molecule has 21 rings (SSSR count). The molecule has 8 heterocycles. The molecular weight excluding hydrogens is 1520 g/mol. The molecule has 0 fully saturated rings. The van der Waals surface area contributed by atoms with Crippen LogP contribution in [0.1, 0.15) is 99.9 Å². The molecule has 0 unspecified atom stereocenters. The first-order valence-corrected chi connectivity index (χ1v) is 44.4. The highest BCUT2D eigenvalue weighted by molar-refractivity contribution is 6.06. The minimum Gasteiger partial charge on any atom is -0.353 e. The van der Waals surface area contributed by atoms with Gasteiger partial charge < -0.3 is 78.4 Å². The fourth-order valence-corrected chi connectivity index (χ4v) is 21.6. The van der Waals surface area contributed by atoms with E-state index in [0.29, 0.717) is 0 Å². The average molecular weight is 1640 g/mol. The van der Waals surface area contributed by atoms with E-state index in [1.807, 2.05) is 0 Å². The Kier molecular flexibility index (Phi) is 20.9. The van der Waals surface area contributed by atoms with Crippen LogP contribution >= 0.6 is 0 Å². The summed E-state index contributed by atoms with van der Waals surface area (Å²) >= 11 is 0. The van der Waals surface area contributed by atoms with E-state index in [2.05, 4.69) is 500 Å². The number of hydrogen-bond donors (Lipinski definition) is 0. The zero-order valence-electron chi connectivity index (χ0n) is 77.0. The van der Waals surface area contributed by atoms with E-state index in [1.54, 1.807) is 0 Å². The zero-order valence-corrected chi connectivity index (χ0v) is 77.0. The van der Waals surface area contributed by atoms with Crippen molar-refractivity contribution in [2.75, 3.05) is 135 Å². The van der Waals surface area contributed by atoms with Gasteiger partial charge in [0.2, 0.25) is 0 Å². The van der Waals surface area contributed by atoms with Gasteiger partial charge in [-0.2, -0.15) is 0 Å². The van der Waals surface area contributed by atoms with E-state index in [0.717, 1.165) is 0 Å². The van der Waals surface area contributed by atoms with Crippen molar-refractivity contribution in [1.82, 2.24) is 0 Å². The molecule has 0 aliphatic carbocycles. The molecule has 0 N–H and O–H groups in total. The molecule has 634 valence electrons. The Labute approximate surface area is 737 Å². The van der Waals surface area contributed by atoms with Crippen molar-refractivity contribution < 1.29 is 0 Å². The van der Waals surface area contributed by atoms with Crippen molar-refractivity contribution >= 4 is 147 Å². The van der Waals surface area contributed by atoms with Gasteiger partial charge in [-0.1, -0.05) is 133 Å². The molecule has 8 aliphatic heterocycles. The third-order valence-electron chi connectivity index (χ3n) is 28.9. The Hall–Kier alpha value is -13.1. The van der Waals surface area contributed by atoms with Gasteiger partial charge in [0, 0.05) is 84.5 Å². The van der Waals surface area contributed by atoms with E-state index in [4.69, 9.17) is 0 Å². The molecule has 16 heteroatoms. The molecule has 124 heavy (non-hydrogen) atoms. The highest BCUT2D eigenvalue weighted by Crippen LogP contribution is 2.57. The van der Waals surface area contributed by atoms with Crippen LogP contribution in [0.15, 0.2) is 255 Å². The van der Waals surface area contributed by atoms with Gasteiger partial charge in [0.1, 0.15) is 49.3 Å². The Morgan fingerprint density at radius 1 is 0.169 bits per heavy atom. The lowest BCUT2D eigenvalue weighted by atomic mass is 9.98. The van der Waals surface area contributed by atoms with Gasteiger partial charge in [-0.3, -0.25) is 0 Å². The Morgan fingerprint density at radius 3 is 0.685 bits per heavy atom. The molecule has 8 aliphatic rings. The van der Waals surface area contributed by atoms with Gasteiger partial charge in [0.25, 0.3) is 0 Å². The lowest BCUT2D eigenvalue weighted by Gasteiger charge is -2.35. The van der Waals surface area contributed by atoms with Gasteiger partial charge in [0.05, 0.1) is 114 Å². The van der Waals surface area contributed by atoms with Gasteiger partial charge in [-0.15, -0.1) is 0 Å². The fourth-order valence-electron chi connectivity index (χ4n) is 21.6. The number of benzene rings is 13. The van der Waals surface area contributed by atoms with E-state index in [-0.39, 0.29) is 49.3 Å². The third kappa shape index (κ3) is 12.8. The number of anilines is 24. The quantitative estimate of drug-likeness (QED) is 0.145. The van der Waals surface area contributed by atoms with Crippen molar-refractivity contribution in [2.45, 2.75) is 160 Å². The number of para-hydroxylation sites is 16. The molecule has 8 atom stereocenters. The summed E-state index contributed by atoms with van der Waals surface area (Å²) in [5.41, 5.74) is 41.4. The first kappa shape index (κ1) is 81.9. The first-order chi connectivity index (χ1) is 59.6. The SMILES string of the molecule is Cc1c(N2c3ccccc3N(C)[C@H]2C)cc2ccccc2c1N1c2ccccc2N(C)[C@@H]1C.Cc1cc(C)c(N2c3ccccc3N(C)[C@@H]2C)c(C)c1N1c2ccccc2N(C)[C@H]1C.Cc1cc(N2c3ccccc3N(C)[C@H]2C)c(C)c(N2c3ccccc3N(C)[C@@H]2C)c1.Cc1ccc(N2c3ccccc3N(C)[C@@H]2C)c(C)c1N1c2ccccc2N(C)[C@H]1C. The topological polar surface area (TPSA) is 51.8 Å². The van der Waals surface area contributed by atoms with Crippen LogP contribution in [0.5, 0.6) is 0 Å². The second-order valence-electron chi connectivity index (χ2n) is 35.5. The first-order valence-electron chi connectivity index (χ1n) is 44.4. The minimum atomic E-state index is 0.228. The van der Waals surface area contributed by atoms with Crippen molar-refractivity contribution in [2.24, 2.45) is 0 Å². The fraction of sp³-hybridized carbons (Fsp3) is 0.296. The number of hydrogen-bond acceptors (Lipinski definition) is 16. The predicted molar refractivity (Wildman–Crippen MR) is 533 cm³/mol. The molecule has 0 amide bonds. The molecule has 0 saturated heterocycles. The highest BCUT2D eigenvalue weighted by Gasteiger charge is 2.43. The molecule has 0 radical (unpaired) electrons. The maximum Gasteiger partial charge on any atom is 0.103 e. The summed E-state index contributed by atoms with van der Waals surface area (Å²) in [4.78, 5) is 38.9. The summed E-state index contributed by atoms with van der Waals surface area (Å²) in [6.45, 7) is 36.4. The third-order valence-corrected chi connectivity index (χ3v) is 28.9. The monoisotopic (exact) mass is 1640 g/mol. The lowest BCUT2D eigenvalue weighted by Crippen LogP contribution is -2.38. The van der Waals surface area contributed by atoms with Crippen molar-refractivity contribution in [3.63, 3.8) is 0 Å². The molecule has 13 aromatic rings. The van der Waals surface area contributed by atoms with Gasteiger partial charge in [-0.05, 0) is 282 Å². The van der Waals surface area contributed by atoms with Crippen LogP contribution in [0.4, 0.5) is 136 Å². The number of rotatable bonds is 8.